The van der Waals surface area contributed by atoms with Crippen molar-refractivity contribution >= 4 is 48.9 Å². The number of likely N-dealkylation sites (tertiary alicyclic amines) is 1. The van der Waals surface area contributed by atoms with E-state index in [2.05, 4.69) is 5.32 Å². The van der Waals surface area contributed by atoms with E-state index in [0.717, 1.165) is 0 Å². The standard InChI is InChI=1S/C30H29B2N3O9/c33-28(38)17-9-20(22-15-44-32(42)24(22)11-17)19-10-18-14-43-31(41)23(18)12-21(19)30(40)35-8-4-7-26(35)29(39)34-25(13-27(36)37)16-5-2-1-3-6-16/h1-3,5-6,9-12,25-26,41-42H,4,7-8,13-15H2,(H2,33,38)(H,34,39)(H,36,37)/t25-,26+/m1/s1. The van der Waals surface area contributed by atoms with E-state index in [1.165, 1.54) is 23.1 Å². The van der Waals surface area contributed by atoms with Crippen LogP contribution in [0.25, 0.3) is 11.1 Å². The summed E-state index contributed by atoms with van der Waals surface area (Å²) in [5, 5.41) is 33.2. The van der Waals surface area contributed by atoms with Gasteiger partial charge >= 0.3 is 20.2 Å². The van der Waals surface area contributed by atoms with Gasteiger partial charge < -0.3 is 40.4 Å². The highest BCUT2D eigenvalue weighted by Gasteiger charge is 2.39. The van der Waals surface area contributed by atoms with Crippen molar-refractivity contribution in [1.82, 2.24) is 10.2 Å². The number of amides is 3. The highest BCUT2D eigenvalue weighted by Crippen LogP contribution is 2.34. The summed E-state index contributed by atoms with van der Waals surface area (Å²) in [6, 6.07) is 13.3. The van der Waals surface area contributed by atoms with Crippen LogP contribution in [0, 0.1) is 0 Å². The smallest absolute Gasteiger partial charge is 0.481 e. The van der Waals surface area contributed by atoms with Crippen molar-refractivity contribution in [3.05, 3.63) is 82.4 Å². The van der Waals surface area contributed by atoms with Gasteiger partial charge in [0.25, 0.3) is 5.91 Å². The van der Waals surface area contributed by atoms with Gasteiger partial charge in [0.05, 0.1) is 25.7 Å². The molecule has 6 N–H and O–H groups in total. The quantitative estimate of drug-likeness (QED) is 0.220. The molecule has 3 amide bonds. The summed E-state index contributed by atoms with van der Waals surface area (Å²) in [4.78, 5) is 53.2. The molecule has 0 aliphatic carbocycles. The molecule has 2 atom stereocenters. The third kappa shape index (κ3) is 5.48. The van der Waals surface area contributed by atoms with Crippen molar-refractivity contribution in [2.45, 2.75) is 44.6 Å². The Balaban J connectivity index is 1.39. The summed E-state index contributed by atoms with van der Waals surface area (Å²) in [5.41, 5.74) is 9.32. The van der Waals surface area contributed by atoms with E-state index >= 15 is 0 Å². The zero-order valence-electron chi connectivity index (χ0n) is 23.6. The first-order valence-corrected chi connectivity index (χ1v) is 14.2. The first-order valence-electron chi connectivity index (χ1n) is 14.2. The number of nitrogens with zero attached hydrogens (tertiary/aromatic N) is 1. The lowest BCUT2D eigenvalue weighted by atomic mass is 9.74. The van der Waals surface area contributed by atoms with Crippen LogP contribution in [-0.4, -0.2) is 70.6 Å². The maximum Gasteiger partial charge on any atom is 0.491 e. The number of carboxylic acid groups (broad SMARTS) is 1. The predicted octanol–water partition coefficient (Wildman–Crippen LogP) is -0.175. The van der Waals surface area contributed by atoms with Crippen molar-refractivity contribution in [3.8, 4) is 11.1 Å². The van der Waals surface area contributed by atoms with E-state index in [9.17, 15) is 34.3 Å². The fourth-order valence-corrected chi connectivity index (χ4v) is 6.20. The molecule has 0 bridgehead atoms. The van der Waals surface area contributed by atoms with Crippen molar-refractivity contribution in [2.24, 2.45) is 5.73 Å². The van der Waals surface area contributed by atoms with Crippen molar-refractivity contribution < 1.29 is 43.6 Å². The van der Waals surface area contributed by atoms with Crippen LogP contribution in [0.3, 0.4) is 0 Å². The van der Waals surface area contributed by atoms with Gasteiger partial charge in [-0.3, -0.25) is 19.2 Å². The van der Waals surface area contributed by atoms with E-state index in [1.807, 2.05) is 0 Å². The minimum Gasteiger partial charge on any atom is -0.481 e. The Labute approximate surface area is 253 Å². The summed E-state index contributed by atoms with van der Waals surface area (Å²) in [6.07, 6.45) is 0.570. The Morgan fingerprint density at radius 3 is 2.43 bits per heavy atom. The number of fused-ring (bicyclic) bond motifs is 2. The Kier molecular flexibility index (Phi) is 7.99. The molecule has 0 unspecified atom stereocenters. The van der Waals surface area contributed by atoms with Crippen molar-refractivity contribution in [2.75, 3.05) is 6.54 Å². The molecule has 224 valence electrons. The Bertz CT molecular complexity index is 1670. The third-order valence-electron chi connectivity index (χ3n) is 8.40. The molecule has 3 aliphatic rings. The largest absolute Gasteiger partial charge is 0.491 e. The summed E-state index contributed by atoms with van der Waals surface area (Å²) < 4.78 is 10.8. The van der Waals surface area contributed by atoms with E-state index in [-0.39, 0.29) is 37.3 Å². The molecular weight excluding hydrogens is 568 g/mol. The maximum absolute atomic E-state index is 14.3. The number of aliphatic carboxylic acids is 1. The van der Waals surface area contributed by atoms with Crippen LogP contribution in [0.15, 0.2) is 54.6 Å². The van der Waals surface area contributed by atoms with E-state index in [1.54, 1.807) is 36.4 Å². The molecule has 12 nitrogen and oxygen atoms in total. The molecule has 0 spiro atoms. The predicted molar refractivity (Wildman–Crippen MR) is 159 cm³/mol. The molecule has 0 radical (unpaired) electrons. The topological polar surface area (TPSA) is 189 Å². The zero-order chi connectivity index (χ0) is 31.1. The highest BCUT2D eigenvalue weighted by molar-refractivity contribution is 6.62. The van der Waals surface area contributed by atoms with Crippen LogP contribution in [0.1, 0.15) is 62.7 Å². The molecule has 44 heavy (non-hydrogen) atoms. The second kappa shape index (κ2) is 11.9. The van der Waals surface area contributed by atoms with E-state index < -0.39 is 50.0 Å². The molecule has 3 aliphatic heterocycles. The van der Waals surface area contributed by atoms with Gasteiger partial charge in [0.15, 0.2) is 0 Å². The minimum absolute atomic E-state index is 0.0217. The third-order valence-corrected chi connectivity index (χ3v) is 8.40. The molecular formula is C30H29B2N3O9. The van der Waals surface area contributed by atoms with Gasteiger partial charge in [-0.15, -0.1) is 0 Å². The number of rotatable bonds is 8. The molecule has 0 aromatic heterocycles. The number of primary amides is 1. The minimum atomic E-state index is -1.28. The van der Waals surface area contributed by atoms with E-state index in [4.69, 9.17) is 15.0 Å². The second-order valence-electron chi connectivity index (χ2n) is 11.1. The zero-order valence-corrected chi connectivity index (χ0v) is 23.6. The molecule has 3 heterocycles. The van der Waals surface area contributed by atoms with Gasteiger partial charge in [-0.1, -0.05) is 30.3 Å². The van der Waals surface area contributed by atoms with Gasteiger partial charge in [0.2, 0.25) is 11.8 Å². The lowest BCUT2D eigenvalue weighted by Crippen LogP contribution is -2.47. The molecule has 1 fully saturated rings. The average molecular weight is 597 g/mol. The molecule has 0 saturated carbocycles. The number of carbonyl (C=O) groups excluding carboxylic acids is 3. The summed E-state index contributed by atoms with van der Waals surface area (Å²) in [5.74, 6) is -2.79. The Hall–Kier alpha value is -4.49. The summed E-state index contributed by atoms with van der Waals surface area (Å²) >= 11 is 0. The molecule has 3 aromatic rings. The molecule has 1 saturated heterocycles. The van der Waals surface area contributed by atoms with E-state index in [0.29, 0.717) is 51.6 Å². The number of hydrogen-bond donors (Lipinski definition) is 5. The number of nitrogens with two attached hydrogens (primary N) is 1. The lowest BCUT2D eigenvalue weighted by molar-refractivity contribution is -0.138. The molecule has 6 rings (SSSR count). The van der Waals surface area contributed by atoms with Crippen LogP contribution in [0.5, 0.6) is 0 Å². The Morgan fingerprint density at radius 1 is 0.977 bits per heavy atom. The van der Waals surface area contributed by atoms with Gasteiger partial charge in [-0.2, -0.15) is 0 Å². The monoisotopic (exact) mass is 597 g/mol. The average Bonchev–Trinajstić information content (AvgIpc) is 3.74. The molecule has 3 aromatic carbocycles. The van der Waals surface area contributed by atoms with Gasteiger partial charge in [0.1, 0.15) is 6.04 Å². The van der Waals surface area contributed by atoms with Crippen LogP contribution < -0.4 is 22.0 Å². The van der Waals surface area contributed by atoms with Gasteiger partial charge in [0, 0.05) is 17.7 Å². The molecule has 14 heteroatoms. The van der Waals surface area contributed by atoms with Crippen LogP contribution in [0.4, 0.5) is 0 Å². The number of nitrogens with one attached hydrogen (secondary N) is 1. The number of carbonyl (C=O) groups is 4. The number of carboxylic acids is 1. The Morgan fingerprint density at radius 2 is 1.70 bits per heavy atom. The second-order valence-corrected chi connectivity index (χ2v) is 11.1. The maximum atomic E-state index is 14.3. The van der Waals surface area contributed by atoms with Gasteiger partial charge in [-0.25, -0.2) is 0 Å². The first kappa shape index (κ1) is 29.6. The highest BCUT2D eigenvalue weighted by atomic mass is 16.5. The number of benzene rings is 3. The van der Waals surface area contributed by atoms with Crippen molar-refractivity contribution in [3.63, 3.8) is 0 Å². The van der Waals surface area contributed by atoms with Crippen molar-refractivity contribution in [1.29, 1.82) is 0 Å². The van der Waals surface area contributed by atoms with Gasteiger partial charge in [-0.05, 0) is 75.8 Å². The summed E-state index contributed by atoms with van der Waals surface area (Å²) in [6.45, 7) is 0.380. The lowest BCUT2D eigenvalue weighted by Gasteiger charge is -2.28. The number of hydrogen-bond acceptors (Lipinski definition) is 8. The fourth-order valence-electron chi connectivity index (χ4n) is 6.20. The SMILES string of the molecule is NC(=O)c1cc2c(c(-c3cc4c(cc3C(=O)N3CCC[C@H]3C(=O)N[C@H](CC(=O)O)c3ccccc3)B(O)OC4)c1)COB2O. The summed E-state index contributed by atoms with van der Waals surface area (Å²) in [7, 11) is -2.53. The first-order chi connectivity index (χ1) is 21.1. The normalized spacial score (nSPS) is 17.8. The van der Waals surface area contributed by atoms with Crippen LogP contribution in [0.2, 0.25) is 0 Å². The fraction of sp³-hybridized carbons (Fsp3) is 0.267. The van der Waals surface area contributed by atoms with Crippen LogP contribution >= 0.6 is 0 Å². The van der Waals surface area contributed by atoms with Crippen LogP contribution in [-0.2, 0) is 32.1 Å².